The maximum absolute atomic E-state index is 11.9. The molecule has 0 aliphatic carbocycles. The van der Waals surface area contributed by atoms with E-state index in [0.717, 1.165) is 5.56 Å². The van der Waals surface area contributed by atoms with Crippen molar-refractivity contribution < 1.29 is 21.6 Å². The fraction of sp³-hybridized carbons (Fsp3) is 0.500. The summed E-state index contributed by atoms with van der Waals surface area (Å²) >= 11 is 0. The predicted molar refractivity (Wildman–Crippen MR) is 70.2 cm³/mol. The van der Waals surface area contributed by atoms with Gasteiger partial charge in [0.05, 0.1) is 5.75 Å². The third kappa shape index (κ3) is 6.88. The smallest absolute Gasteiger partial charge is 0.326 e. The zero-order valence-electron chi connectivity index (χ0n) is 10.8. The zero-order valence-corrected chi connectivity index (χ0v) is 11.6. The average Bonchev–Trinajstić information content (AvgIpc) is 2.34. The lowest BCUT2D eigenvalue weighted by atomic mass is 10.1. The van der Waals surface area contributed by atoms with Crippen molar-refractivity contribution in [3.63, 3.8) is 0 Å². The van der Waals surface area contributed by atoms with Crippen LogP contribution in [0.4, 0.5) is 13.2 Å². The molecule has 0 fully saturated rings. The van der Waals surface area contributed by atoms with Crippen molar-refractivity contribution in [2.45, 2.75) is 31.3 Å². The van der Waals surface area contributed by atoms with Crippen molar-refractivity contribution in [1.82, 2.24) is 4.72 Å². The lowest BCUT2D eigenvalue weighted by Gasteiger charge is -2.08. The van der Waals surface area contributed by atoms with E-state index in [1.807, 2.05) is 0 Å². The fourth-order valence-electron chi connectivity index (χ4n) is 1.56. The van der Waals surface area contributed by atoms with Crippen LogP contribution in [0.25, 0.3) is 0 Å². The van der Waals surface area contributed by atoms with Crippen LogP contribution in [-0.4, -0.2) is 21.1 Å². The number of nitrogens with two attached hydrogens (primary N) is 1. The quantitative estimate of drug-likeness (QED) is 0.756. The lowest BCUT2D eigenvalue weighted by Crippen LogP contribution is -2.27. The Morgan fingerprint density at radius 2 is 1.65 bits per heavy atom. The molecule has 0 saturated carbocycles. The molecule has 0 saturated heterocycles. The first-order chi connectivity index (χ1) is 9.22. The molecule has 0 aromatic heterocycles. The van der Waals surface area contributed by atoms with Crippen molar-refractivity contribution in [1.29, 1.82) is 0 Å². The molecule has 0 aliphatic heterocycles. The van der Waals surface area contributed by atoms with Gasteiger partial charge in [0.1, 0.15) is 0 Å². The van der Waals surface area contributed by atoms with Gasteiger partial charge < -0.3 is 5.73 Å². The standard InChI is InChI=1S/C12H17F3N2O2S/c13-12(14,15)6-1-7-17-20(18,19)9-11-4-2-10(8-16)3-5-11/h2-5,17H,1,6-9,16H2. The summed E-state index contributed by atoms with van der Waals surface area (Å²) in [5, 5.41) is 0. The summed E-state index contributed by atoms with van der Waals surface area (Å²) < 4.78 is 61.2. The largest absolute Gasteiger partial charge is 0.389 e. The Labute approximate surface area is 116 Å². The molecule has 4 nitrogen and oxygen atoms in total. The Bertz CT molecular complexity index is 512. The second-order valence-electron chi connectivity index (χ2n) is 4.39. The molecule has 0 amide bonds. The van der Waals surface area contributed by atoms with Crippen molar-refractivity contribution in [2.75, 3.05) is 6.54 Å². The van der Waals surface area contributed by atoms with Gasteiger partial charge in [0.15, 0.2) is 0 Å². The van der Waals surface area contributed by atoms with Gasteiger partial charge in [-0.1, -0.05) is 24.3 Å². The summed E-state index contributed by atoms with van der Waals surface area (Å²) in [7, 11) is -3.62. The first kappa shape index (κ1) is 16.9. The van der Waals surface area contributed by atoms with Crippen molar-refractivity contribution >= 4 is 10.0 Å². The lowest BCUT2D eigenvalue weighted by molar-refractivity contribution is -0.135. The SMILES string of the molecule is NCc1ccc(CS(=O)(=O)NCCCC(F)(F)F)cc1. The van der Waals surface area contributed by atoms with Gasteiger partial charge >= 0.3 is 6.18 Å². The molecule has 114 valence electrons. The van der Waals surface area contributed by atoms with Gasteiger partial charge in [0, 0.05) is 19.5 Å². The second-order valence-corrected chi connectivity index (χ2v) is 6.20. The minimum atomic E-state index is -4.26. The molecule has 0 spiro atoms. The summed E-state index contributed by atoms with van der Waals surface area (Å²) in [6, 6.07) is 6.71. The van der Waals surface area contributed by atoms with Gasteiger partial charge in [-0.25, -0.2) is 13.1 Å². The first-order valence-corrected chi connectivity index (χ1v) is 7.69. The molecule has 0 radical (unpaired) electrons. The summed E-state index contributed by atoms with van der Waals surface area (Å²) in [6.45, 7) is 0.144. The van der Waals surface area contributed by atoms with E-state index in [-0.39, 0.29) is 18.7 Å². The highest BCUT2D eigenvalue weighted by Gasteiger charge is 2.26. The number of nitrogens with one attached hydrogen (secondary N) is 1. The number of rotatable bonds is 7. The monoisotopic (exact) mass is 310 g/mol. The highest BCUT2D eigenvalue weighted by atomic mass is 32.2. The molecule has 0 bridgehead atoms. The van der Waals surface area contributed by atoms with Crippen LogP contribution in [0.3, 0.4) is 0 Å². The molecule has 20 heavy (non-hydrogen) atoms. The minimum absolute atomic E-state index is 0.220. The highest BCUT2D eigenvalue weighted by molar-refractivity contribution is 7.88. The van der Waals surface area contributed by atoms with Crippen LogP contribution in [0, 0.1) is 0 Å². The van der Waals surface area contributed by atoms with Crippen LogP contribution in [0.5, 0.6) is 0 Å². The number of alkyl halides is 3. The van der Waals surface area contributed by atoms with Crippen LogP contribution in [0.2, 0.25) is 0 Å². The maximum Gasteiger partial charge on any atom is 0.389 e. The molecular formula is C12H17F3N2O2S. The van der Waals surface area contributed by atoms with Crippen LogP contribution in [0.15, 0.2) is 24.3 Å². The predicted octanol–water partition coefficient (Wildman–Crippen LogP) is 1.91. The topological polar surface area (TPSA) is 72.2 Å². The van der Waals surface area contributed by atoms with Gasteiger partial charge in [-0.05, 0) is 17.5 Å². The fourth-order valence-corrected chi connectivity index (χ4v) is 2.75. The summed E-state index contributed by atoms with van der Waals surface area (Å²) in [5.41, 5.74) is 6.86. The van der Waals surface area contributed by atoms with E-state index in [2.05, 4.69) is 4.72 Å². The molecule has 1 rings (SSSR count). The third-order valence-electron chi connectivity index (χ3n) is 2.57. The summed E-state index contributed by atoms with van der Waals surface area (Å²) in [5.74, 6) is -0.260. The zero-order chi connectivity index (χ0) is 15.2. The molecule has 8 heteroatoms. The van der Waals surface area contributed by atoms with Gasteiger partial charge in [-0.15, -0.1) is 0 Å². The van der Waals surface area contributed by atoms with Crippen molar-refractivity contribution in [3.05, 3.63) is 35.4 Å². The molecule has 0 atom stereocenters. The normalized spacial score (nSPS) is 12.6. The van der Waals surface area contributed by atoms with E-state index in [4.69, 9.17) is 5.73 Å². The van der Waals surface area contributed by atoms with Gasteiger partial charge in [0.2, 0.25) is 10.0 Å². The molecule has 1 aromatic rings. The molecule has 1 aromatic carbocycles. The Morgan fingerprint density at radius 3 is 2.15 bits per heavy atom. The number of benzene rings is 1. The third-order valence-corrected chi connectivity index (χ3v) is 3.93. The molecule has 3 N–H and O–H groups in total. The van der Waals surface area contributed by atoms with Gasteiger partial charge in [-0.3, -0.25) is 0 Å². The molecular weight excluding hydrogens is 293 g/mol. The number of sulfonamides is 1. The van der Waals surface area contributed by atoms with Crippen LogP contribution in [-0.2, 0) is 22.3 Å². The summed E-state index contributed by atoms with van der Waals surface area (Å²) in [6.07, 6.45) is -5.53. The van der Waals surface area contributed by atoms with E-state index >= 15 is 0 Å². The second kappa shape index (κ2) is 7.05. The summed E-state index contributed by atoms with van der Waals surface area (Å²) in [4.78, 5) is 0. The Kier molecular flexibility index (Phi) is 5.97. The number of hydrogen-bond donors (Lipinski definition) is 2. The first-order valence-electron chi connectivity index (χ1n) is 6.04. The number of hydrogen-bond acceptors (Lipinski definition) is 3. The van der Waals surface area contributed by atoms with E-state index < -0.39 is 22.6 Å². The van der Waals surface area contributed by atoms with Crippen LogP contribution in [0.1, 0.15) is 24.0 Å². The average molecular weight is 310 g/mol. The van der Waals surface area contributed by atoms with Gasteiger partial charge in [-0.2, -0.15) is 13.2 Å². The molecule has 0 unspecified atom stereocenters. The highest BCUT2D eigenvalue weighted by Crippen LogP contribution is 2.20. The Hall–Kier alpha value is -1.12. The minimum Gasteiger partial charge on any atom is -0.326 e. The van der Waals surface area contributed by atoms with E-state index in [0.29, 0.717) is 12.1 Å². The van der Waals surface area contributed by atoms with Crippen LogP contribution < -0.4 is 10.5 Å². The van der Waals surface area contributed by atoms with Crippen molar-refractivity contribution in [3.8, 4) is 0 Å². The Morgan fingerprint density at radius 1 is 1.10 bits per heavy atom. The van der Waals surface area contributed by atoms with E-state index in [1.165, 1.54) is 0 Å². The maximum atomic E-state index is 11.9. The van der Waals surface area contributed by atoms with E-state index in [1.54, 1.807) is 24.3 Å². The Balaban J connectivity index is 2.44. The van der Waals surface area contributed by atoms with Crippen molar-refractivity contribution in [2.24, 2.45) is 5.73 Å². The molecule has 0 heterocycles. The van der Waals surface area contributed by atoms with Gasteiger partial charge in [0.25, 0.3) is 0 Å². The molecule has 0 aliphatic rings. The van der Waals surface area contributed by atoms with Crippen LogP contribution >= 0.6 is 0 Å². The van der Waals surface area contributed by atoms with E-state index in [9.17, 15) is 21.6 Å². The number of halogens is 3.